The first-order valence-electron chi connectivity index (χ1n) is 5.67. The first-order chi connectivity index (χ1) is 9.04. The van der Waals surface area contributed by atoms with E-state index < -0.39 is 24.5 Å². The average Bonchev–Trinajstić information content (AvgIpc) is 2.73. The van der Waals surface area contributed by atoms with Gasteiger partial charge in [-0.15, -0.1) is 0 Å². The highest BCUT2D eigenvalue weighted by Crippen LogP contribution is 2.24. The van der Waals surface area contributed by atoms with Crippen LogP contribution in [0.3, 0.4) is 0 Å². The van der Waals surface area contributed by atoms with Gasteiger partial charge in [0.2, 0.25) is 0 Å². The van der Waals surface area contributed by atoms with E-state index in [2.05, 4.69) is 5.32 Å². The summed E-state index contributed by atoms with van der Waals surface area (Å²) in [6.45, 7) is 1.04. The lowest BCUT2D eigenvalue weighted by Gasteiger charge is -2.10. The predicted octanol–water partition coefficient (Wildman–Crippen LogP) is 0.917. The number of carbonyl (C=O) groups is 2. The maximum Gasteiger partial charge on any atom is 0.328 e. The standard InChI is InChI=1S/C13H13NO5/c1-7-8-4-2-3-5-10(8)19-11(7)12(16)14-9(6-15)13(17)18/h2-5,9,15H,6H2,1H3,(H,14,16)(H,17,18)/t9-/m0/s1. The third kappa shape index (κ3) is 2.43. The summed E-state index contributed by atoms with van der Waals surface area (Å²) in [6, 6.07) is 5.78. The summed E-state index contributed by atoms with van der Waals surface area (Å²) in [6.07, 6.45) is 0. The maximum absolute atomic E-state index is 11.9. The number of amides is 1. The van der Waals surface area contributed by atoms with Crippen LogP contribution < -0.4 is 5.32 Å². The Labute approximate surface area is 108 Å². The lowest BCUT2D eigenvalue weighted by atomic mass is 10.1. The van der Waals surface area contributed by atoms with Gasteiger partial charge in [-0.3, -0.25) is 4.79 Å². The Hall–Kier alpha value is -2.34. The van der Waals surface area contributed by atoms with Crippen LogP contribution in [0.15, 0.2) is 28.7 Å². The highest BCUT2D eigenvalue weighted by Gasteiger charge is 2.23. The number of hydrogen-bond acceptors (Lipinski definition) is 4. The van der Waals surface area contributed by atoms with E-state index in [1.54, 1.807) is 19.1 Å². The summed E-state index contributed by atoms with van der Waals surface area (Å²) in [7, 11) is 0. The van der Waals surface area contributed by atoms with Crippen molar-refractivity contribution in [3.63, 3.8) is 0 Å². The van der Waals surface area contributed by atoms with Gasteiger partial charge < -0.3 is 19.9 Å². The third-order valence-electron chi connectivity index (χ3n) is 2.84. The summed E-state index contributed by atoms with van der Waals surface area (Å²) >= 11 is 0. The molecule has 2 rings (SSSR count). The second-order valence-electron chi connectivity index (χ2n) is 4.10. The summed E-state index contributed by atoms with van der Waals surface area (Å²) < 4.78 is 5.40. The average molecular weight is 263 g/mol. The van der Waals surface area contributed by atoms with Gasteiger partial charge in [0.15, 0.2) is 11.8 Å². The van der Waals surface area contributed by atoms with Crippen molar-refractivity contribution < 1.29 is 24.2 Å². The second-order valence-corrected chi connectivity index (χ2v) is 4.10. The van der Waals surface area contributed by atoms with Crippen LogP contribution >= 0.6 is 0 Å². The van der Waals surface area contributed by atoms with Gasteiger partial charge in [0.05, 0.1) is 6.61 Å². The van der Waals surface area contributed by atoms with Crippen molar-refractivity contribution in [1.29, 1.82) is 0 Å². The van der Waals surface area contributed by atoms with Gasteiger partial charge in [0, 0.05) is 10.9 Å². The molecule has 0 aliphatic rings. The minimum atomic E-state index is -1.35. The molecule has 2 aromatic rings. The molecule has 19 heavy (non-hydrogen) atoms. The van der Waals surface area contributed by atoms with Crippen LogP contribution in [0.5, 0.6) is 0 Å². The van der Waals surface area contributed by atoms with E-state index in [0.29, 0.717) is 11.1 Å². The molecule has 1 heterocycles. The largest absolute Gasteiger partial charge is 0.480 e. The topological polar surface area (TPSA) is 99.8 Å². The third-order valence-corrected chi connectivity index (χ3v) is 2.84. The van der Waals surface area contributed by atoms with Crippen LogP contribution in [0.2, 0.25) is 0 Å². The first kappa shape index (κ1) is 13.1. The fourth-order valence-electron chi connectivity index (χ4n) is 1.80. The number of aliphatic hydroxyl groups is 1. The van der Waals surface area contributed by atoms with E-state index in [4.69, 9.17) is 14.6 Å². The predicted molar refractivity (Wildman–Crippen MR) is 66.9 cm³/mol. The zero-order valence-electron chi connectivity index (χ0n) is 10.2. The van der Waals surface area contributed by atoms with E-state index in [1.165, 1.54) is 0 Å². The number of benzene rings is 1. The van der Waals surface area contributed by atoms with Gasteiger partial charge in [0.1, 0.15) is 5.58 Å². The molecule has 0 saturated carbocycles. The second kappa shape index (κ2) is 5.11. The van der Waals surface area contributed by atoms with Crippen LogP contribution in [0, 0.1) is 6.92 Å². The van der Waals surface area contributed by atoms with Gasteiger partial charge in [-0.1, -0.05) is 18.2 Å². The molecule has 0 spiro atoms. The molecule has 0 radical (unpaired) electrons. The number of carbonyl (C=O) groups excluding carboxylic acids is 1. The number of rotatable bonds is 4. The molecule has 0 unspecified atom stereocenters. The molecule has 100 valence electrons. The number of aliphatic carboxylic acids is 1. The Kier molecular flexibility index (Phi) is 3.52. The number of carboxylic acids is 1. The molecule has 0 fully saturated rings. The van der Waals surface area contributed by atoms with Crippen LogP contribution in [0.4, 0.5) is 0 Å². The lowest BCUT2D eigenvalue weighted by molar-refractivity contribution is -0.140. The minimum absolute atomic E-state index is 0.0564. The van der Waals surface area contributed by atoms with Gasteiger partial charge in [-0.2, -0.15) is 0 Å². The molecule has 0 saturated heterocycles. The molecule has 0 aliphatic heterocycles. The number of para-hydroxylation sites is 1. The summed E-state index contributed by atoms with van der Waals surface area (Å²) in [5.74, 6) is -1.90. The van der Waals surface area contributed by atoms with Crippen molar-refractivity contribution in [3.05, 3.63) is 35.6 Å². The number of aryl methyl sites for hydroxylation is 1. The quantitative estimate of drug-likeness (QED) is 0.761. The minimum Gasteiger partial charge on any atom is -0.480 e. The number of furan rings is 1. The summed E-state index contributed by atoms with van der Waals surface area (Å²) in [5.41, 5.74) is 1.19. The molecule has 1 aromatic heterocycles. The number of hydrogen-bond donors (Lipinski definition) is 3. The fourth-order valence-corrected chi connectivity index (χ4v) is 1.80. The van der Waals surface area contributed by atoms with Crippen molar-refractivity contribution in [3.8, 4) is 0 Å². The number of carboxylic acid groups (broad SMARTS) is 1. The van der Waals surface area contributed by atoms with Gasteiger partial charge >= 0.3 is 5.97 Å². The zero-order chi connectivity index (χ0) is 14.0. The van der Waals surface area contributed by atoms with Crippen molar-refractivity contribution in [2.75, 3.05) is 6.61 Å². The molecule has 1 amide bonds. The highest BCUT2D eigenvalue weighted by molar-refractivity contribution is 6.00. The Morgan fingerprint density at radius 3 is 2.63 bits per heavy atom. The molecule has 1 aromatic carbocycles. The van der Waals surface area contributed by atoms with Gasteiger partial charge in [0.25, 0.3) is 5.91 Å². The van der Waals surface area contributed by atoms with Crippen LogP contribution in [-0.4, -0.2) is 34.7 Å². The first-order valence-corrected chi connectivity index (χ1v) is 5.67. The van der Waals surface area contributed by atoms with E-state index in [-0.39, 0.29) is 5.76 Å². The van der Waals surface area contributed by atoms with Gasteiger partial charge in [-0.05, 0) is 13.0 Å². The summed E-state index contributed by atoms with van der Waals surface area (Å²) in [4.78, 5) is 22.7. The fraction of sp³-hybridized carbons (Fsp3) is 0.231. The molecule has 0 aliphatic carbocycles. The number of fused-ring (bicyclic) bond motifs is 1. The van der Waals surface area contributed by atoms with Crippen LogP contribution in [0.1, 0.15) is 16.1 Å². The molecule has 6 heteroatoms. The number of nitrogens with one attached hydrogen (secondary N) is 1. The van der Waals surface area contributed by atoms with Crippen molar-refractivity contribution >= 4 is 22.8 Å². The zero-order valence-corrected chi connectivity index (χ0v) is 10.2. The molecule has 6 nitrogen and oxygen atoms in total. The smallest absolute Gasteiger partial charge is 0.328 e. The van der Waals surface area contributed by atoms with E-state index >= 15 is 0 Å². The Morgan fingerprint density at radius 1 is 1.37 bits per heavy atom. The van der Waals surface area contributed by atoms with Crippen molar-refractivity contribution in [2.24, 2.45) is 0 Å². The molecule has 0 bridgehead atoms. The normalized spacial score (nSPS) is 12.3. The van der Waals surface area contributed by atoms with Crippen molar-refractivity contribution in [2.45, 2.75) is 13.0 Å². The Balaban J connectivity index is 2.31. The molecular weight excluding hydrogens is 250 g/mol. The Morgan fingerprint density at radius 2 is 2.05 bits per heavy atom. The maximum atomic E-state index is 11.9. The highest BCUT2D eigenvalue weighted by atomic mass is 16.4. The summed E-state index contributed by atoms with van der Waals surface area (Å²) in [5, 5.41) is 20.6. The monoisotopic (exact) mass is 263 g/mol. The lowest BCUT2D eigenvalue weighted by Crippen LogP contribution is -2.43. The van der Waals surface area contributed by atoms with E-state index in [1.807, 2.05) is 12.1 Å². The van der Waals surface area contributed by atoms with Crippen LogP contribution in [-0.2, 0) is 4.79 Å². The van der Waals surface area contributed by atoms with Crippen molar-refractivity contribution in [1.82, 2.24) is 5.32 Å². The number of aliphatic hydroxyl groups excluding tert-OH is 1. The van der Waals surface area contributed by atoms with E-state index in [9.17, 15) is 9.59 Å². The van der Waals surface area contributed by atoms with Gasteiger partial charge in [-0.25, -0.2) is 4.79 Å². The van der Waals surface area contributed by atoms with Crippen LogP contribution in [0.25, 0.3) is 11.0 Å². The Bertz CT molecular complexity index is 631. The SMILES string of the molecule is Cc1c(C(=O)N[C@@H](CO)C(=O)O)oc2ccccc12. The van der Waals surface area contributed by atoms with E-state index in [0.717, 1.165) is 5.39 Å². The molecule has 1 atom stereocenters. The molecular formula is C13H13NO5. The molecule has 3 N–H and O–H groups in total.